The first-order valence-corrected chi connectivity index (χ1v) is 5.99. The molecule has 0 bridgehead atoms. The van der Waals surface area contributed by atoms with Crippen molar-refractivity contribution in [1.29, 1.82) is 0 Å². The molecule has 1 fully saturated rings. The highest BCUT2D eigenvalue weighted by Crippen LogP contribution is 2.16. The van der Waals surface area contributed by atoms with Crippen molar-refractivity contribution in [3.8, 4) is 11.8 Å². The fourth-order valence-electron chi connectivity index (χ4n) is 2.09. The second-order valence-electron chi connectivity index (χ2n) is 4.30. The molecule has 1 aliphatic rings. The Balaban J connectivity index is 2.08. The minimum absolute atomic E-state index is 0.166. The molecule has 0 spiro atoms. The van der Waals surface area contributed by atoms with Crippen molar-refractivity contribution in [3.63, 3.8) is 0 Å². The molecule has 1 aromatic rings. The van der Waals surface area contributed by atoms with Crippen LogP contribution in [0, 0.1) is 17.7 Å². The summed E-state index contributed by atoms with van der Waals surface area (Å²) in [4.78, 5) is 2.28. The third-order valence-electron chi connectivity index (χ3n) is 2.98. The summed E-state index contributed by atoms with van der Waals surface area (Å²) in [6.45, 7) is 3.16. The second kappa shape index (κ2) is 5.81. The molecule has 1 aromatic carbocycles. The summed E-state index contributed by atoms with van der Waals surface area (Å²) in [7, 11) is 0. The summed E-state index contributed by atoms with van der Waals surface area (Å²) in [5.74, 6) is 5.40. The third-order valence-corrected chi connectivity index (χ3v) is 2.98. The van der Waals surface area contributed by atoms with Gasteiger partial charge in [0.15, 0.2) is 0 Å². The number of rotatable bonds is 2. The molecule has 0 aliphatic carbocycles. The Morgan fingerprint density at radius 1 is 1.29 bits per heavy atom. The van der Waals surface area contributed by atoms with Crippen molar-refractivity contribution in [2.75, 3.05) is 19.6 Å². The summed E-state index contributed by atoms with van der Waals surface area (Å²) in [5, 5.41) is 0. The maximum Gasteiger partial charge on any atom is 0.128 e. The highest BCUT2D eigenvalue weighted by Gasteiger charge is 2.13. The zero-order valence-corrected chi connectivity index (χ0v) is 9.88. The highest BCUT2D eigenvalue weighted by atomic mass is 19.1. The number of nitrogens with two attached hydrogens (primary N) is 1. The molecule has 0 radical (unpaired) electrons. The van der Waals surface area contributed by atoms with Crippen LogP contribution in [0.3, 0.4) is 0 Å². The van der Waals surface area contributed by atoms with Crippen LogP contribution in [-0.2, 0) is 6.54 Å². The van der Waals surface area contributed by atoms with E-state index in [0.29, 0.717) is 18.7 Å². The van der Waals surface area contributed by atoms with Gasteiger partial charge in [0.25, 0.3) is 0 Å². The van der Waals surface area contributed by atoms with E-state index >= 15 is 0 Å². The van der Waals surface area contributed by atoms with E-state index in [-0.39, 0.29) is 5.82 Å². The second-order valence-corrected chi connectivity index (χ2v) is 4.30. The molecule has 0 saturated carbocycles. The average Bonchev–Trinajstić information content (AvgIpc) is 2.82. The number of likely N-dealkylation sites (tertiary alicyclic amines) is 1. The predicted molar refractivity (Wildman–Crippen MR) is 66.8 cm³/mol. The minimum Gasteiger partial charge on any atom is -0.320 e. The summed E-state index contributed by atoms with van der Waals surface area (Å²) in [6, 6.07) is 5.18. The molecule has 2 rings (SSSR count). The summed E-state index contributed by atoms with van der Waals surface area (Å²) < 4.78 is 13.8. The van der Waals surface area contributed by atoms with Crippen LogP contribution in [-0.4, -0.2) is 24.5 Å². The van der Waals surface area contributed by atoms with E-state index in [2.05, 4.69) is 16.7 Å². The predicted octanol–water partition coefficient (Wildman–Crippen LogP) is 1.73. The summed E-state index contributed by atoms with van der Waals surface area (Å²) in [5.41, 5.74) is 6.73. The summed E-state index contributed by atoms with van der Waals surface area (Å²) in [6.07, 6.45) is 2.45. The molecule has 1 aliphatic heterocycles. The van der Waals surface area contributed by atoms with Gasteiger partial charge in [0.2, 0.25) is 0 Å². The van der Waals surface area contributed by atoms with E-state index < -0.39 is 0 Å². The van der Waals surface area contributed by atoms with Gasteiger partial charge in [-0.2, -0.15) is 0 Å². The molecular formula is C14H17FN2. The lowest BCUT2D eigenvalue weighted by atomic mass is 10.1. The number of benzene rings is 1. The van der Waals surface area contributed by atoms with Crippen molar-refractivity contribution in [2.45, 2.75) is 19.4 Å². The molecule has 0 atom stereocenters. The van der Waals surface area contributed by atoms with Gasteiger partial charge < -0.3 is 5.73 Å². The van der Waals surface area contributed by atoms with Crippen LogP contribution >= 0.6 is 0 Å². The summed E-state index contributed by atoms with van der Waals surface area (Å²) >= 11 is 0. The zero-order valence-electron chi connectivity index (χ0n) is 9.88. The Bertz CT molecular complexity index is 439. The Hall–Kier alpha value is -1.37. The first-order valence-electron chi connectivity index (χ1n) is 5.99. The number of nitrogens with zero attached hydrogens (tertiary/aromatic N) is 1. The molecule has 0 unspecified atom stereocenters. The Morgan fingerprint density at radius 2 is 2.06 bits per heavy atom. The molecule has 0 amide bonds. The van der Waals surface area contributed by atoms with Crippen LogP contribution in [0.5, 0.6) is 0 Å². The van der Waals surface area contributed by atoms with Crippen LogP contribution in [0.15, 0.2) is 18.2 Å². The molecule has 90 valence electrons. The maximum atomic E-state index is 13.8. The van der Waals surface area contributed by atoms with E-state index in [9.17, 15) is 4.39 Å². The smallest absolute Gasteiger partial charge is 0.128 e. The van der Waals surface area contributed by atoms with Gasteiger partial charge in [-0.25, -0.2) is 4.39 Å². The number of hydrogen-bond donors (Lipinski definition) is 1. The first-order chi connectivity index (χ1) is 8.29. The van der Waals surface area contributed by atoms with Gasteiger partial charge in [0.05, 0.1) is 6.54 Å². The van der Waals surface area contributed by atoms with Crippen LogP contribution in [0.4, 0.5) is 4.39 Å². The van der Waals surface area contributed by atoms with Gasteiger partial charge in [-0.15, -0.1) is 0 Å². The molecule has 0 aromatic heterocycles. The fourth-order valence-corrected chi connectivity index (χ4v) is 2.09. The van der Waals surface area contributed by atoms with Crippen LogP contribution in [0.1, 0.15) is 24.0 Å². The molecular weight excluding hydrogens is 215 g/mol. The Labute approximate surface area is 102 Å². The largest absolute Gasteiger partial charge is 0.320 e. The van der Waals surface area contributed by atoms with Crippen LogP contribution < -0.4 is 5.73 Å². The number of halogens is 1. The van der Waals surface area contributed by atoms with E-state index in [1.807, 2.05) is 12.1 Å². The lowest BCUT2D eigenvalue weighted by Crippen LogP contribution is -2.19. The van der Waals surface area contributed by atoms with E-state index in [1.165, 1.54) is 18.9 Å². The van der Waals surface area contributed by atoms with E-state index in [0.717, 1.165) is 18.7 Å². The van der Waals surface area contributed by atoms with Gasteiger partial charge >= 0.3 is 0 Å². The lowest BCUT2D eigenvalue weighted by Gasteiger charge is -2.14. The number of hydrogen-bond acceptors (Lipinski definition) is 2. The SMILES string of the molecule is NCC#Cc1ccc(CN2CCCC2)c(F)c1. The fraction of sp³-hybridized carbons (Fsp3) is 0.429. The lowest BCUT2D eigenvalue weighted by molar-refractivity contribution is 0.325. The Kier molecular flexibility index (Phi) is 4.13. The van der Waals surface area contributed by atoms with Crippen molar-refractivity contribution in [1.82, 2.24) is 4.90 Å². The van der Waals surface area contributed by atoms with Crippen molar-refractivity contribution in [3.05, 3.63) is 35.1 Å². The van der Waals surface area contributed by atoms with Crippen LogP contribution in [0.25, 0.3) is 0 Å². The topological polar surface area (TPSA) is 29.3 Å². The van der Waals surface area contributed by atoms with Gasteiger partial charge in [0.1, 0.15) is 5.82 Å². The van der Waals surface area contributed by atoms with Gasteiger partial charge in [-0.1, -0.05) is 17.9 Å². The molecule has 17 heavy (non-hydrogen) atoms. The maximum absolute atomic E-state index is 13.8. The molecule has 1 heterocycles. The quantitative estimate of drug-likeness (QED) is 0.787. The van der Waals surface area contributed by atoms with Crippen molar-refractivity contribution >= 4 is 0 Å². The first kappa shape index (κ1) is 12.1. The van der Waals surface area contributed by atoms with Gasteiger partial charge in [-0.05, 0) is 38.1 Å². The minimum atomic E-state index is -0.166. The van der Waals surface area contributed by atoms with E-state index in [4.69, 9.17) is 5.73 Å². The highest BCUT2D eigenvalue weighted by molar-refractivity contribution is 5.37. The molecule has 3 heteroatoms. The van der Waals surface area contributed by atoms with Crippen molar-refractivity contribution < 1.29 is 4.39 Å². The molecule has 1 saturated heterocycles. The normalized spacial score (nSPS) is 15.6. The average molecular weight is 232 g/mol. The van der Waals surface area contributed by atoms with E-state index in [1.54, 1.807) is 0 Å². The Morgan fingerprint density at radius 3 is 2.71 bits per heavy atom. The molecule has 2 N–H and O–H groups in total. The van der Waals surface area contributed by atoms with Gasteiger partial charge in [0, 0.05) is 17.7 Å². The monoisotopic (exact) mass is 232 g/mol. The zero-order chi connectivity index (χ0) is 12.1. The van der Waals surface area contributed by atoms with Crippen LogP contribution in [0.2, 0.25) is 0 Å². The third kappa shape index (κ3) is 3.29. The standard InChI is InChI=1S/C14H17FN2/c15-14-10-12(4-3-7-16)5-6-13(14)11-17-8-1-2-9-17/h5-6,10H,1-2,7-9,11,16H2. The molecule has 2 nitrogen and oxygen atoms in total. The van der Waals surface area contributed by atoms with Gasteiger partial charge in [-0.3, -0.25) is 4.90 Å². The van der Waals surface area contributed by atoms with Crippen molar-refractivity contribution in [2.24, 2.45) is 5.73 Å².